The third-order valence-electron chi connectivity index (χ3n) is 3.97. The van der Waals surface area contributed by atoms with E-state index in [1.807, 2.05) is 0 Å². The molecule has 1 saturated carbocycles. The second kappa shape index (κ2) is 6.36. The molecule has 1 saturated heterocycles. The number of carboxylic acids is 1. The Balaban J connectivity index is 1.60. The van der Waals surface area contributed by atoms with Crippen LogP contribution in [0.3, 0.4) is 0 Å². The second-order valence-electron chi connectivity index (χ2n) is 5.36. The zero-order valence-corrected chi connectivity index (χ0v) is 10.4. The molecule has 0 radical (unpaired) electrons. The quantitative estimate of drug-likeness (QED) is 0.770. The average molecular weight is 241 g/mol. The van der Waals surface area contributed by atoms with Gasteiger partial charge in [0.25, 0.3) is 0 Å². The summed E-state index contributed by atoms with van der Waals surface area (Å²) < 4.78 is 5.58. The van der Waals surface area contributed by atoms with E-state index < -0.39 is 5.97 Å². The van der Waals surface area contributed by atoms with E-state index in [1.54, 1.807) is 0 Å². The van der Waals surface area contributed by atoms with Gasteiger partial charge in [-0.25, -0.2) is 0 Å². The number of carboxylic acid groups (broad SMARTS) is 1. The highest BCUT2D eigenvalue weighted by molar-refractivity contribution is 5.67. The largest absolute Gasteiger partial charge is 0.481 e. The molecule has 17 heavy (non-hydrogen) atoms. The van der Waals surface area contributed by atoms with Gasteiger partial charge in [-0.3, -0.25) is 4.79 Å². The minimum absolute atomic E-state index is 0.346. The molecule has 2 aliphatic rings. The molecule has 0 bridgehead atoms. The van der Waals surface area contributed by atoms with Gasteiger partial charge in [-0.1, -0.05) is 0 Å². The number of nitrogens with one attached hydrogen (secondary N) is 1. The molecule has 1 atom stereocenters. The van der Waals surface area contributed by atoms with E-state index in [-0.39, 0.29) is 0 Å². The summed E-state index contributed by atoms with van der Waals surface area (Å²) in [6.07, 6.45) is 7.46. The van der Waals surface area contributed by atoms with Crippen LogP contribution in [-0.4, -0.2) is 36.4 Å². The van der Waals surface area contributed by atoms with Crippen LogP contribution in [0.5, 0.6) is 0 Å². The van der Waals surface area contributed by atoms with Crippen molar-refractivity contribution < 1.29 is 14.6 Å². The fourth-order valence-electron chi connectivity index (χ4n) is 2.92. The molecular weight excluding hydrogens is 218 g/mol. The third kappa shape index (κ3) is 4.28. The molecular formula is C13H23NO3. The fraction of sp³-hybridized carbons (Fsp3) is 0.923. The first-order valence-corrected chi connectivity index (χ1v) is 6.81. The van der Waals surface area contributed by atoms with Gasteiger partial charge in [-0.05, 0) is 44.4 Å². The van der Waals surface area contributed by atoms with Crippen LogP contribution in [0.4, 0.5) is 0 Å². The number of hydrogen-bond donors (Lipinski definition) is 2. The molecule has 0 amide bonds. The van der Waals surface area contributed by atoms with Gasteiger partial charge in [0, 0.05) is 25.6 Å². The molecule has 1 heterocycles. The van der Waals surface area contributed by atoms with Crippen molar-refractivity contribution >= 4 is 5.97 Å². The molecule has 0 aromatic carbocycles. The molecule has 0 spiro atoms. The predicted octanol–water partition coefficient (Wildman–Crippen LogP) is 1.79. The molecule has 98 valence electrons. The first-order valence-electron chi connectivity index (χ1n) is 6.81. The maximum Gasteiger partial charge on any atom is 0.303 e. The number of rotatable bonds is 5. The van der Waals surface area contributed by atoms with E-state index >= 15 is 0 Å². The Kier molecular flexibility index (Phi) is 4.80. The number of ether oxygens (including phenoxy) is 1. The van der Waals surface area contributed by atoms with Crippen LogP contribution in [-0.2, 0) is 9.53 Å². The van der Waals surface area contributed by atoms with Crippen LogP contribution in [0.25, 0.3) is 0 Å². The predicted molar refractivity (Wildman–Crippen MR) is 65.0 cm³/mol. The molecule has 4 heteroatoms. The van der Waals surface area contributed by atoms with Crippen molar-refractivity contribution in [3.63, 3.8) is 0 Å². The summed E-state index contributed by atoms with van der Waals surface area (Å²) in [5, 5.41) is 12.3. The lowest BCUT2D eigenvalue weighted by molar-refractivity contribution is -0.138. The molecule has 2 fully saturated rings. The second-order valence-corrected chi connectivity index (χ2v) is 5.36. The van der Waals surface area contributed by atoms with Crippen LogP contribution in [0.1, 0.15) is 44.9 Å². The molecule has 1 unspecified atom stereocenters. The number of aliphatic carboxylic acids is 1. The van der Waals surface area contributed by atoms with Crippen molar-refractivity contribution in [1.29, 1.82) is 0 Å². The van der Waals surface area contributed by atoms with Crippen LogP contribution < -0.4 is 5.32 Å². The van der Waals surface area contributed by atoms with Crippen molar-refractivity contribution in [3.8, 4) is 0 Å². The highest BCUT2D eigenvalue weighted by atomic mass is 16.5. The summed E-state index contributed by atoms with van der Waals surface area (Å²) in [4.78, 5) is 10.6. The lowest BCUT2D eigenvalue weighted by Crippen LogP contribution is -2.38. The van der Waals surface area contributed by atoms with E-state index in [0.717, 1.165) is 38.8 Å². The summed E-state index contributed by atoms with van der Waals surface area (Å²) in [7, 11) is 0. The van der Waals surface area contributed by atoms with E-state index in [0.29, 0.717) is 24.5 Å². The lowest BCUT2D eigenvalue weighted by atomic mass is 9.84. The van der Waals surface area contributed by atoms with Gasteiger partial charge in [0.15, 0.2) is 0 Å². The first-order chi connectivity index (χ1) is 8.24. The van der Waals surface area contributed by atoms with Gasteiger partial charge in [-0.15, -0.1) is 0 Å². The van der Waals surface area contributed by atoms with E-state index in [9.17, 15) is 4.79 Å². The zero-order valence-electron chi connectivity index (χ0n) is 10.4. The normalized spacial score (nSPS) is 33.8. The Labute approximate surface area is 103 Å². The number of carbonyl (C=O) groups is 1. The van der Waals surface area contributed by atoms with Crippen LogP contribution >= 0.6 is 0 Å². The smallest absolute Gasteiger partial charge is 0.303 e. The maximum atomic E-state index is 10.6. The maximum absolute atomic E-state index is 10.6. The van der Waals surface area contributed by atoms with Crippen LogP contribution in [0.2, 0.25) is 0 Å². The summed E-state index contributed by atoms with van der Waals surface area (Å²) in [6, 6.07) is 0.573. The molecule has 4 nitrogen and oxygen atoms in total. The number of hydrogen-bond acceptors (Lipinski definition) is 3. The van der Waals surface area contributed by atoms with Crippen LogP contribution in [0.15, 0.2) is 0 Å². The Hall–Kier alpha value is -0.610. The third-order valence-corrected chi connectivity index (χ3v) is 3.97. The zero-order chi connectivity index (χ0) is 12.1. The van der Waals surface area contributed by atoms with Gasteiger partial charge in [0.2, 0.25) is 0 Å². The Morgan fingerprint density at radius 1 is 1.24 bits per heavy atom. The van der Waals surface area contributed by atoms with Crippen molar-refractivity contribution in [2.45, 2.75) is 57.1 Å². The summed E-state index contributed by atoms with van der Waals surface area (Å²) in [6.45, 7) is 1.88. The monoisotopic (exact) mass is 241 g/mol. The summed E-state index contributed by atoms with van der Waals surface area (Å²) in [5.41, 5.74) is 0. The van der Waals surface area contributed by atoms with Gasteiger partial charge in [0.1, 0.15) is 0 Å². The molecule has 1 aliphatic heterocycles. The Bertz CT molecular complexity index is 243. The molecule has 1 aliphatic carbocycles. The lowest BCUT2D eigenvalue weighted by Gasteiger charge is -2.29. The van der Waals surface area contributed by atoms with Crippen molar-refractivity contribution in [2.24, 2.45) is 5.92 Å². The summed E-state index contributed by atoms with van der Waals surface area (Å²) in [5.74, 6) is -0.256. The SMILES string of the molecule is O=C(O)CC1CCC(NCC2CCCO2)CC1. The van der Waals surface area contributed by atoms with Crippen molar-refractivity contribution in [1.82, 2.24) is 5.32 Å². The van der Waals surface area contributed by atoms with Gasteiger partial charge in [-0.2, -0.15) is 0 Å². The first kappa shape index (κ1) is 12.8. The van der Waals surface area contributed by atoms with Gasteiger partial charge < -0.3 is 15.2 Å². The van der Waals surface area contributed by atoms with Crippen molar-refractivity contribution in [2.75, 3.05) is 13.2 Å². The van der Waals surface area contributed by atoms with E-state index in [1.165, 1.54) is 12.8 Å². The molecule has 0 aromatic rings. The van der Waals surface area contributed by atoms with Crippen molar-refractivity contribution in [3.05, 3.63) is 0 Å². The van der Waals surface area contributed by atoms with E-state index in [4.69, 9.17) is 9.84 Å². The van der Waals surface area contributed by atoms with E-state index in [2.05, 4.69) is 5.32 Å². The summed E-state index contributed by atoms with van der Waals surface area (Å²) >= 11 is 0. The fourth-order valence-corrected chi connectivity index (χ4v) is 2.92. The molecule has 0 aromatic heterocycles. The van der Waals surface area contributed by atoms with Crippen LogP contribution in [0, 0.1) is 5.92 Å². The highest BCUT2D eigenvalue weighted by Crippen LogP contribution is 2.27. The Morgan fingerprint density at radius 2 is 2.00 bits per heavy atom. The average Bonchev–Trinajstić information content (AvgIpc) is 2.80. The molecule has 2 N–H and O–H groups in total. The molecule has 2 rings (SSSR count). The Morgan fingerprint density at radius 3 is 2.59 bits per heavy atom. The minimum Gasteiger partial charge on any atom is -0.481 e. The van der Waals surface area contributed by atoms with Gasteiger partial charge >= 0.3 is 5.97 Å². The topological polar surface area (TPSA) is 58.6 Å². The van der Waals surface area contributed by atoms with Gasteiger partial charge in [0.05, 0.1) is 6.10 Å². The highest BCUT2D eigenvalue weighted by Gasteiger charge is 2.24. The standard InChI is InChI=1S/C13H23NO3/c15-13(16)8-10-3-5-11(6-4-10)14-9-12-2-1-7-17-12/h10-12,14H,1-9H2,(H,15,16). The minimum atomic E-state index is -0.652.